The van der Waals surface area contributed by atoms with E-state index in [0.29, 0.717) is 23.2 Å². The van der Waals surface area contributed by atoms with Gasteiger partial charge in [0.1, 0.15) is 12.0 Å². The molecule has 8 heteroatoms. The number of non-ortho nitro benzene ring substituents is 1. The number of aromatic nitrogens is 2. The minimum absolute atomic E-state index is 0.107. The molecule has 0 spiro atoms. The molecule has 0 bridgehead atoms. The molecule has 0 amide bonds. The van der Waals surface area contributed by atoms with Crippen molar-refractivity contribution in [3.63, 3.8) is 0 Å². The Kier molecular flexibility index (Phi) is 3.81. The maximum Gasteiger partial charge on any atom is 0.269 e. The highest BCUT2D eigenvalue weighted by Crippen LogP contribution is 2.32. The Balaban J connectivity index is 1.96. The van der Waals surface area contributed by atoms with Crippen LogP contribution < -0.4 is 10.2 Å². The van der Waals surface area contributed by atoms with Crippen molar-refractivity contribution >= 4 is 28.8 Å². The van der Waals surface area contributed by atoms with Crippen molar-refractivity contribution in [1.29, 1.82) is 0 Å². The van der Waals surface area contributed by atoms with E-state index < -0.39 is 0 Å². The molecule has 3 rings (SSSR count). The number of anilines is 2. The predicted molar refractivity (Wildman–Crippen MR) is 84.4 cm³/mol. The van der Waals surface area contributed by atoms with Gasteiger partial charge in [0.15, 0.2) is 11.0 Å². The fourth-order valence-electron chi connectivity index (χ4n) is 2.65. The third-order valence-corrected chi connectivity index (χ3v) is 4.03. The Morgan fingerprint density at radius 2 is 2.18 bits per heavy atom. The maximum atomic E-state index is 10.9. The van der Waals surface area contributed by atoms with Crippen LogP contribution in [0.1, 0.15) is 11.1 Å². The minimum Gasteiger partial charge on any atom is -0.383 e. The molecule has 0 radical (unpaired) electrons. The Labute approximate surface area is 132 Å². The molecule has 1 N–H and O–H groups in total. The summed E-state index contributed by atoms with van der Waals surface area (Å²) < 4.78 is 0. The molecule has 114 valence electrons. The largest absolute Gasteiger partial charge is 0.383 e. The second kappa shape index (κ2) is 5.76. The summed E-state index contributed by atoms with van der Waals surface area (Å²) in [6.07, 6.45) is 2.22. The lowest BCUT2D eigenvalue weighted by molar-refractivity contribution is -0.384. The zero-order valence-corrected chi connectivity index (χ0v) is 12.7. The fraction of sp³-hybridized carbons (Fsp3) is 0.286. The van der Waals surface area contributed by atoms with Gasteiger partial charge in [-0.3, -0.25) is 10.1 Å². The third-order valence-electron chi connectivity index (χ3n) is 3.74. The highest BCUT2D eigenvalue weighted by Gasteiger charge is 2.22. The standard InChI is InChI=1S/C14H14ClN5O2/c1-16-12-13(15)17-8-18-14(12)19-5-4-9-2-3-11(20(21)22)6-10(9)7-19/h2-3,6,8,16H,4-5,7H2,1H3. The molecule has 0 atom stereocenters. The average molecular weight is 320 g/mol. The van der Waals surface area contributed by atoms with Gasteiger partial charge >= 0.3 is 0 Å². The molecule has 0 fully saturated rings. The van der Waals surface area contributed by atoms with E-state index in [0.717, 1.165) is 24.1 Å². The van der Waals surface area contributed by atoms with Crippen molar-refractivity contribution in [3.05, 3.63) is 50.9 Å². The van der Waals surface area contributed by atoms with Crippen LogP contribution in [0, 0.1) is 10.1 Å². The summed E-state index contributed by atoms with van der Waals surface area (Å²) in [7, 11) is 1.76. The lowest BCUT2D eigenvalue weighted by Gasteiger charge is -2.30. The first-order chi connectivity index (χ1) is 10.6. The van der Waals surface area contributed by atoms with Crippen LogP contribution in [0.15, 0.2) is 24.5 Å². The van der Waals surface area contributed by atoms with Crippen LogP contribution in [0.3, 0.4) is 0 Å². The Hall–Kier alpha value is -2.41. The molecule has 2 heterocycles. The second-order valence-corrected chi connectivity index (χ2v) is 5.35. The zero-order chi connectivity index (χ0) is 15.7. The van der Waals surface area contributed by atoms with E-state index in [1.807, 2.05) is 11.0 Å². The summed E-state index contributed by atoms with van der Waals surface area (Å²) in [5.74, 6) is 0.708. The van der Waals surface area contributed by atoms with E-state index >= 15 is 0 Å². The molecule has 1 aliphatic heterocycles. The molecule has 22 heavy (non-hydrogen) atoms. The van der Waals surface area contributed by atoms with E-state index in [4.69, 9.17) is 11.6 Å². The second-order valence-electron chi connectivity index (χ2n) is 4.99. The van der Waals surface area contributed by atoms with Crippen LogP contribution in [0.4, 0.5) is 17.2 Å². The Morgan fingerprint density at radius 3 is 2.91 bits per heavy atom. The highest BCUT2D eigenvalue weighted by molar-refractivity contribution is 6.32. The van der Waals surface area contributed by atoms with E-state index in [1.165, 1.54) is 6.33 Å². The Morgan fingerprint density at radius 1 is 1.36 bits per heavy atom. The Bertz CT molecular complexity index is 737. The number of nitro benzene ring substituents is 1. The number of rotatable bonds is 3. The van der Waals surface area contributed by atoms with E-state index in [2.05, 4.69) is 15.3 Å². The van der Waals surface area contributed by atoms with Crippen LogP contribution >= 0.6 is 11.6 Å². The van der Waals surface area contributed by atoms with Crippen molar-refractivity contribution in [2.24, 2.45) is 0 Å². The van der Waals surface area contributed by atoms with Crippen molar-refractivity contribution in [3.8, 4) is 0 Å². The van der Waals surface area contributed by atoms with E-state index in [9.17, 15) is 10.1 Å². The molecular formula is C14H14ClN5O2. The van der Waals surface area contributed by atoms with Gasteiger partial charge < -0.3 is 10.2 Å². The topological polar surface area (TPSA) is 84.2 Å². The molecule has 0 saturated carbocycles. The number of nitrogens with one attached hydrogen (secondary N) is 1. The minimum atomic E-state index is -0.375. The number of benzene rings is 1. The average Bonchev–Trinajstić information content (AvgIpc) is 2.53. The zero-order valence-electron chi connectivity index (χ0n) is 11.9. The van der Waals surface area contributed by atoms with Gasteiger partial charge in [0.05, 0.1) is 4.92 Å². The quantitative estimate of drug-likeness (QED) is 0.532. The smallest absolute Gasteiger partial charge is 0.269 e. The summed E-state index contributed by atoms with van der Waals surface area (Å²) in [4.78, 5) is 20.9. The summed E-state index contributed by atoms with van der Waals surface area (Å²) in [6, 6.07) is 5.01. The number of nitrogens with zero attached hydrogens (tertiary/aromatic N) is 4. The number of halogens is 1. The first-order valence-electron chi connectivity index (χ1n) is 6.79. The van der Waals surface area contributed by atoms with Crippen LogP contribution in [0.25, 0.3) is 0 Å². The predicted octanol–water partition coefficient (Wildman–Crippen LogP) is 2.64. The fourth-order valence-corrected chi connectivity index (χ4v) is 2.87. The molecule has 0 aliphatic carbocycles. The first kappa shape index (κ1) is 14.5. The number of nitro groups is 1. The summed E-state index contributed by atoms with van der Waals surface area (Å²) >= 11 is 6.09. The van der Waals surface area contributed by atoms with Crippen LogP contribution in [-0.2, 0) is 13.0 Å². The molecule has 0 unspecified atom stereocenters. The highest BCUT2D eigenvalue weighted by atomic mass is 35.5. The van der Waals surface area contributed by atoms with Gasteiger partial charge in [-0.15, -0.1) is 0 Å². The molecule has 7 nitrogen and oxygen atoms in total. The van der Waals surface area contributed by atoms with E-state index in [-0.39, 0.29) is 10.6 Å². The lowest BCUT2D eigenvalue weighted by Crippen LogP contribution is -2.31. The van der Waals surface area contributed by atoms with Crippen LogP contribution in [0.2, 0.25) is 5.15 Å². The van der Waals surface area contributed by atoms with E-state index in [1.54, 1.807) is 19.2 Å². The van der Waals surface area contributed by atoms with Crippen molar-refractivity contribution in [2.75, 3.05) is 23.8 Å². The van der Waals surface area contributed by atoms with Crippen molar-refractivity contribution in [2.45, 2.75) is 13.0 Å². The van der Waals surface area contributed by atoms with Gasteiger partial charge in [0.2, 0.25) is 0 Å². The van der Waals surface area contributed by atoms with Gasteiger partial charge in [-0.25, -0.2) is 9.97 Å². The number of hydrogen-bond donors (Lipinski definition) is 1. The van der Waals surface area contributed by atoms with Gasteiger partial charge in [-0.2, -0.15) is 0 Å². The van der Waals surface area contributed by atoms with Gasteiger partial charge in [-0.05, 0) is 17.5 Å². The molecule has 1 aromatic heterocycles. The number of hydrogen-bond acceptors (Lipinski definition) is 6. The monoisotopic (exact) mass is 319 g/mol. The molecule has 1 aliphatic rings. The molecule has 0 saturated heterocycles. The first-order valence-corrected chi connectivity index (χ1v) is 7.17. The molecule has 2 aromatic rings. The van der Waals surface area contributed by atoms with Gasteiger partial charge in [0, 0.05) is 32.3 Å². The summed E-state index contributed by atoms with van der Waals surface area (Å²) in [5.41, 5.74) is 2.85. The summed E-state index contributed by atoms with van der Waals surface area (Å²) in [6.45, 7) is 1.33. The lowest BCUT2D eigenvalue weighted by atomic mass is 9.99. The van der Waals surface area contributed by atoms with Crippen LogP contribution in [0.5, 0.6) is 0 Å². The molecule has 1 aromatic carbocycles. The van der Waals surface area contributed by atoms with Crippen molar-refractivity contribution < 1.29 is 4.92 Å². The van der Waals surface area contributed by atoms with Gasteiger partial charge in [-0.1, -0.05) is 17.7 Å². The van der Waals surface area contributed by atoms with Gasteiger partial charge in [0.25, 0.3) is 5.69 Å². The molecular weight excluding hydrogens is 306 g/mol. The third kappa shape index (κ3) is 2.55. The number of fused-ring (bicyclic) bond motifs is 1. The van der Waals surface area contributed by atoms with Crippen molar-refractivity contribution in [1.82, 2.24) is 9.97 Å². The summed E-state index contributed by atoms with van der Waals surface area (Å²) in [5, 5.41) is 14.3. The maximum absolute atomic E-state index is 10.9. The van der Waals surface area contributed by atoms with Crippen LogP contribution in [-0.4, -0.2) is 28.5 Å². The normalized spacial score (nSPS) is 13.6. The SMILES string of the molecule is CNc1c(Cl)ncnc1N1CCc2ccc([N+](=O)[O-])cc2C1.